The van der Waals surface area contributed by atoms with Gasteiger partial charge < -0.3 is 15.0 Å². The zero-order valence-electron chi connectivity index (χ0n) is 12.6. The molecule has 3 fully saturated rings. The Morgan fingerprint density at radius 2 is 1.84 bits per heavy atom. The van der Waals surface area contributed by atoms with Crippen LogP contribution in [-0.4, -0.2) is 48.8 Å². The van der Waals surface area contributed by atoms with Gasteiger partial charge in [-0.25, -0.2) is 0 Å². The van der Waals surface area contributed by atoms with Crippen LogP contribution in [0.25, 0.3) is 0 Å². The molecule has 0 bridgehead atoms. The molecule has 3 aliphatic rings. The van der Waals surface area contributed by atoms with Crippen molar-refractivity contribution in [2.24, 2.45) is 5.92 Å². The Kier molecular flexibility index (Phi) is 4.45. The molecule has 1 saturated carbocycles. The average molecular weight is 266 g/mol. The van der Waals surface area contributed by atoms with Crippen molar-refractivity contribution in [2.45, 2.75) is 76.6 Å². The lowest BCUT2D eigenvalue weighted by Gasteiger charge is -2.40. The van der Waals surface area contributed by atoms with Crippen molar-refractivity contribution >= 4 is 0 Å². The fourth-order valence-electron chi connectivity index (χ4n) is 4.27. The molecule has 3 heteroatoms. The van der Waals surface area contributed by atoms with Gasteiger partial charge in [-0.3, -0.25) is 0 Å². The third-order valence-corrected chi connectivity index (χ3v) is 5.49. The van der Waals surface area contributed by atoms with Crippen molar-refractivity contribution in [3.63, 3.8) is 0 Å². The summed E-state index contributed by atoms with van der Waals surface area (Å²) in [4.78, 5) is 2.61. The SMILES string of the molecule is CC(C)N1CCC(N[C@@H]2CCC[C@@H]3OCC[C@@H]32)CC1. The number of rotatable bonds is 3. The molecule has 0 aromatic rings. The van der Waals surface area contributed by atoms with Crippen LogP contribution < -0.4 is 5.32 Å². The maximum Gasteiger partial charge on any atom is 0.0619 e. The smallest absolute Gasteiger partial charge is 0.0619 e. The van der Waals surface area contributed by atoms with E-state index in [0.29, 0.717) is 12.1 Å². The monoisotopic (exact) mass is 266 g/mol. The summed E-state index contributed by atoms with van der Waals surface area (Å²) >= 11 is 0. The predicted octanol–water partition coefficient (Wildman–Crippen LogP) is 2.41. The Bertz CT molecular complexity index is 286. The Morgan fingerprint density at radius 1 is 1.05 bits per heavy atom. The van der Waals surface area contributed by atoms with E-state index in [4.69, 9.17) is 4.74 Å². The molecular weight excluding hydrogens is 236 g/mol. The quantitative estimate of drug-likeness (QED) is 0.849. The highest BCUT2D eigenvalue weighted by molar-refractivity contribution is 4.93. The highest BCUT2D eigenvalue weighted by Gasteiger charge is 2.38. The molecule has 3 nitrogen and oxygen atoms in total. The Balaban J connectivity index is 1.49. The zero-order valence-corrected chi connectivity index (χ0v) is 12.6. The van der Waals surface area contributed by atoms with Crippen LogP contribution in [0.3, 0.4) is 0 Å². The van der Waals surface area contributed by atoms with E-state index in [1.54, 1.807) is 0 Å². The molecule has 0 aromatic carbocycles. The van der Waals surface area contributed by atoms with Gasteiger partial charge in [0.1, 0.15) is 0 Å². The topological polar surface area (TPSA) is 24.5 Å². The lowest BCUT2D eigenvalue weighted by molar-refractivity contribution is 0.0478. The molecule has 0 aromatic heterocycles. The molecule has 2 saturated heterocycles. The van der Waals surface area contributed by atoms with E-state index in [2.05, 4.69) is 24.1 Å². The number of ether oxygens (including phenoxy) is 1. The fraction of sp³-hybridized carbons (Fsp3) is 1.00. The van der Waals surface area contributed by atoms with Gasteiger partial charge in [0.25, 0.3) is 0 Å². The van der Waals surface area contributed by atoms with Gasteiger partial charge in [0.15, 0.2) is 0 Å². The number of nitrogens with one attached hydrogen (secondary N) is 1. The van der Waals surface area contributed by atoms with Crippen LogP contribution in [0.1, 0.15) is 52.4 Å². The first-order valence-corrected chi connectivity index (χ1v) is 8.35. The second-order valence-corrected chi connectivity index (χ2v) is 6.97. The second kappa shape index (κ2) is 6.11. The highest BCUT2D eigenvalue weighted by Crippen LogP contribution is 2.35. The molecule has 0 radical (unpaired) electrons. The molecule has 0 unspecified atom stereocenters. The summed E-state index contributed by atoms with van der Waals surface area (Å²) in [5, 5.41) is 3.98. The maximum atomic E-state index is 5.88. The first kappa shape index (κ1) is 13.8. The van der Waals surface area contributed by atoms with Crippen molar-refractivity contribution in [3.8, 4) is 0 Å². The van der Waals surface area contributed by atoms with Gasteiger partial charge in [-0.15, -0.1) is 0 Å². The van der Waals surface area contributed by atoms with E-state index in [0.717, 1.165) is 24.6 Å². The minimum atomic E-state index is 0.571. The van der Waals surface area contributed by atoms with Crippen molar-refractivity contribution in [1.82, 2.24) is 10.2 Å². The van der Waals surface area contributed by atoms with Gasteiger partial charge in [0, 0.05) is 30.7 Å². The molecule has 1 aliphatic carbocycles. The van der Waals surface area contributed by atoms with E-state index in [1.165, 1.54) is 51.6 Å². The third-order valence-electron chi connectivity index (χ3n) is 5.49. The normalized spacial score (nSPS) is 37.7. The number of likely N-dealkylation sites (tertiary alicyclic amines) is 1. The van der Waals surface area contributed by atoms with Crippen LogP contribution >= 0.6 is 0 Å². The minimum Gasteiger partial charge on any atom is -0.378 e. The zero-order chi connectivity index (χ0) is 13.2. The van der Waals surface area contributed by atoms with Crippen molar-refractivity contribution in [2.75, 3.05) is 19.7 Å². The average Bonchev–Trinajstić information content (AvgIpc) is 2.89. The number of fused-ring (bicyclic) bond motifs is 1. The minimum absolute atomic E-state index is 0.571. The number of piperidine rings is 1. The van der Waals surface area contributed by atoms with Gasteiger partial charge in [-0.1, -0.05) is 0 Å². The summed E-state index contributed by atoms with van der Waals surface area (Å²) in [5.41, 5.74) is 0. The Morgan fingerprint density at radius 3 is 2.58 bits per heavy atom. The molecule has 1 N–H and O–H groups in total. The largest absolute Gasteiger partial charge is 0.378 e. The van der Waals surface area contributed by atoms with E-state index in [1.807, 2.05) is 0 Å². The van der Waals surface area contributed by atoms with Gasteiger partial charge in [0.2, 0.25) is 0 Å². The summed E-state index contributed by atoms with van der Waals surface area (Å²) in [6, 6.07) is 2.19. The third kappa shape index (κ3) is 3.14. The van der Waals surface area contributed by atoms with Crippen molar-refractivity contribution in [1.29, 1.82) is 0 Å². The lowest BCUT2D eigenvalue weighted by atomic mass is 9.81. The van der Waals surface area contributed by atoms with Gasteiger partial charge in [0.05, 0.1) is 6.10 Å². The van der Waals surface area contributed by atoms with Crippen molar-refractivity contribution in [3.05, 3.63) is 0 Å². The summed E-state index contributed by atoms with van der Waals surface area (Å²) in [6.07, 6.45) is 8.53. The molecule has 110 valence electrons. The van der Waals surface area contributed by atoms with Crippen LogP contribution in [0.4, 0.5) is 0 Å². The summed E-state index contributed by atoms with van der Waals surface area (Å²) in [6.45, 7) is 8.17. The molecule has 3 rings (SSSR count). The molecule has 2 heterocycles. The lowest BCUT2D eigenvalue weighted by Crippen LogP contribution is -2.51. The van der Waals surface area contributed by atoms with Crippen LogP contribution in [0.5, 0.6) is 0 Å². The number of hydrogen-bond donors (Lipinski definition) is 1. The first-order chi connectivity index (χ1) is 9.24. The van der Waals surface area contributed by atoms with Gasteiger partial charge in [-0.05, 0) is 65.5 Å². The molecule has 0 amide bonds. The first-order valence-electron chi connectivity index (χ1n) is 8.35. The van der Waals surface area contributed by atoms with E-state index >= 15 is 0 Å². The van der Waals surface area contributed by atoms with Gasteiger partial charge >= 0.3 is 0 Å². The van der Waals surface area contributed by atoms with Crippen LogP contribution in [0.15, 0.2) is 0 Å². The van der Waals surface area contributed by atoms with Crippen molar-refractivity contribution < 1.29 is 4.74 Å². The molecule has 19 heavy (non-hydrogen) atoms. The highest BCUT2D eigenvalue weighted by atomic mass is 16.5. The van der Waals surface area contributed by atoms with Crippen LogP contribution in [-0.2, 0) is 4.74 Å². The Hall–Kier alpha value is -0.120. The maximum absolute atomic E-state index is 5.88. The summed E-state index contributed by atoms with van der Waals surface area (Å²) in [7, 11) is 0. The summed E-state index contributed by atoms with van der Waals surface area (Å²) in [5.74, 6) is 0.803. The van der Waals surface area contributed by atoms with E-state index < -0.39 is 0 Å². The molecular formula is C16H30N2O. The van der Waals surface area contributed by atoms with E-state index in [9.17, 15) is 0 Å². The molecule has 2 aliphatic heterocycles. The van der Waals surface area contributed by atoms with Crippen LogP contribution in [0.2, 0.25) is 0 Å². The second-order valence-electron chi connectivity index (χ2n) is 6.97. The summed E-state index contributed by atoms with van der Waals surface area (Å²) < 4.78 is 5.88. The molecule has 3 atom stereocenters. The molecule has 0 spiro atoms. The Labute approximate surface area is 118 Å². The van der Waals surface area contributed by atoms with E-state index in [-0.39, 0.29) is 0 Å². The fourth-order valence-corrected chi connectivity index (χ4v) is 4.27. The van der Waals surface area contributed by atoms with Gasteiger partial charge in [-0.2, -0.15) is 0 Å². The predicted molar refractivity (Wildman–Crippen MR) is 78.4 cm³/mol. The standard InChI is InChI=1S/C16H30N2O/c1-12(2)18-9-6-13(7-10-18)17-15-4-3-5-16-14(15)8-11-19-16/h12-17H,3-11H2,1-2H3/t14-,15-,16+/m1/s1. The number of nitrogens with zero attached hydrogens (tertiary/aromatic N) is 1. The number of hydrogen-bond acceptors (Lipinski definition) is 3. The van der Waals surface area contributed by atoms with Crippen LogP contribution in [0, 0.1) is 5.92 Å².